The van der Waals surface area contributed by atoms with Gasteiger partial charge in [-0.05, 0) is 101 Å². The van der Waals surface area contributed by atoms with Crippen LogP contribution in [0, 0.1) is 12.8 Å². The predicted molar refractivity (Wildman–Crippen MR) is 175 cm³/mol. The van der Waals surface area contributed by atoms with Crippen LogP contribution in [0.3, 0.4) is 0 Å². The first-order valence-electron chi connectivity index (χ1n) is 15.0. The first-order chi connectivity index (χ1) is 19.8. The van der Waals surface area contributed by atoms with E-state index in [0.717, 1.165) is 29.5 Å². The normalized spacial score (nSPS) is 13.7. The molecule has 2 rings (SSSR count). The van der Waals surface area contributed by atoms with Crippen LogP contribution < -0.4 is 10.6 Å². The summed E-state index contributed by atoms with van der Waals surface area (Å²) in [5, 5.41) is 5.93. The zero-order chi connectivity index (χ0) is 31.4. The van der Waals surface area contributed by atoms with E-state index < -0.39 is 23.8 Å². The second-order valence-corrected chi connectivity index (χ2v) is 13.3. The third kappa shape index (κ3) is 11.0. The number of aryl methyl sites for hydroxylation is 2. The average molecular weight is 598 g/mol. The van der Waals surface area contributed by atoms with Crippen LogP contribution in [0.4, 0.5) is 10.5 Å². The van der Waals surface area contributed by atoms with Crippen LogP contribution in [-0.2, 0) is 20.7 Å². The molecule has 2 aromatic rings. The lowest BCUT2D eigenvalue weighted by atomic mass is 9.96. The highest BCUT2D eigenvalue weighted by Gasteiger charge is 2.39. The van der Waals surface area contributed by atoms with Gasteiger partial charge in [0.2, 0.25) is 5.91 Å². The van der Waals surface area contributed by atoms with Gasteiger partial charge >= 0.3 is 6.09 Å². The summed E-state index contributed by atoms with van der Waals surface area (Å²) >= 11 is 1.60. The van der Waals surface area contributed by atoms with E-state index in [2.05, 4.69) is 31.4 Å². The van der Waals surface area contributed by atoms with Gasteiger partial charge in [-0.1, -0.05) is 63.2 Å². The van der Waals surface area contributed by atoms with E-state index in [9.17, 15) is 14.4 Å². The van der Waals surface area contributed by atoms with E-state index in [0.29, 0.717) is 30.2 Å². The number of hydrogen-bond donors (Lipinski definition) is 2. The molecule has 2 aromatic carbocycles. The maximum Gasteiger partial charge on any atom is 0.408 e. The lowest BCUT2D eigenvalue weighted by Crippen LogP contribution is -2.55. The monoisotopic (exact) mass is 597 g/mol. The van der Waals surface area contributed by atoms with Crippen molar-refractivity contribution >= 4 is 35.4 Å². The molecule has 0 aliphatic carbocycles. The second-order valence-electron chi connectivity index (χ2n) is 12.3. The molecule has 0 radical (unpaired) electrons. The van der Waals surface area contributed by atoms with E-state index in [4.69, 9.17) is 4.74 Å². The standard InChI is InChI=1S/C34H51N3O4S/c1-10-26-17-19-27(20-18-26)30(31(38)35-28-14-12-11-13-24(28)4)37(25(5)16-15-23(2)3)32(39)29(21-22-42-9)36-33(40)41-34(6,7)8/h11-14,17-20,23,25,29-30H,10,15-16,21-22H2,1-9H3,(H,35,38)(H,36,40). The maximum atomic E-state index is 14.6. The van der Waals surface area contributed by atoms with Crippen LogP contribution in [-0.4, -0.2) is 52.5 Å². The van der Waals surface area contributed by atoms with Crippen molar-refractivity contribution in [3.05, 3.63) is 65.2 Å². The smallest absolute Gasteiger partial charge is 0.408 e. The van der Waals surface area contributed by atoms with Gasteiger partial charge in [0.25, 0.3) is 5.91 Å². The summed E-state index contributed by atoms with van der Waals surface area (Å²) in [6.45, 7) is 15.7. The number of thioether (sulfide) groups is 1. The van der Waals surface area contributed by atoms with Crippen LogP contribution in [0.15, 0.2) is 48.5 Å². The number of hydrogen-bond acceptors (Lipinski definition) is 5. The second kappa shape index (κ2) is 16.6. The molecule has 0 saturated carbocycles. The van der Waals surface area contributed by atoms with Gasteiger partial charge in [0.05, 0.1) is 0 Å². The fourth-order valence-corrected chi connectivity index (χ4v) is 5.19. The summed E-state index contributed by atoms with van der Waals surface area (Å²) in [4.78, 5) is 43.4. The first kappa shape index (κ1) is 35.2. The summed E-state index contributed by atoms with van der Waals surface area (Å²) < 4.78 is 5.52. The van der Waals surface area contributed by atoms with Crippen molar-refractivity contribution in [1.29, 1.82) is 0 Å². The fraction of sp³-hybridized carbons (Fsp3) is 0.559. The SMILES string of the molecule is CCc1ccc(C(C(=O)Nc2ccccc2C)N(C(=O)C(CCSC)NC(=O)OC(C)(C)C)C(C)CCC(C)C)cc1. The van der Waals surface area contributed by atoms with Crippen molar-refractivity contribution in [2.75, 3.05) is 17.3 Å². The van der Waals surface area contributed by atoms with Crippen LogP contribution in [0.1, 0.15) is 90.5 Å². The number of para-hydroxylation sites is 1. The maximum absolute atomic E-state index is 14.6. The topological polar surface area (TPSA) is 87.7 Å². The third-order valence-corrected chi connectivity index (χ3v) is 7.77. The molecule has 0 aliphatic heterocycles. The number of anilines is 1. The Kier molecular flexibility index (Phi) is 13.9. The molecule has 7 nitrogen and oxygen atoms in total. The quantitative estimate of drug-likeness (QED) is 0.235. The van der Waals surface area contributed by atoms with Gasteiger partial charge in [0.15, 0.2) is 0 Å². The van der Waals surface area contributed by atoms with E-state index in [1.54, 1.807) is 37.4 Å². The minimum absolute atomic E-state index is 0.268. The summed E-state index contributed by atoms with van der Waals surface area (Å²) in [6.07, 6.45) is 4.20. The number of nitrogens with zero attached hydrogens (tertiary/aromatic N) is 1. The highest BCUT2D eigenvalue weighted by Crippen LogP contribution is 2.30. The first-order valence-corrected chi connectivity index (χ1v) is 16.4. The molecule has 0 spiro atoms. The van der Waals surface area contributed by atoms with Crippen molar-refractivity contribution in [2.24, 2.45) is 5.92 Å². The van der Waals surface area contributed by atoms with Crippen LogP contribution in [0.25, 0.3) is 0 Å². The largest absolute Gasteiger partial charge is 0.444 e. The van der Waals surface area contributed by atoms with E-state index in [1.807, 2.05) is 68.6 Å². The van der Waals surface area contributed by atoms with Crippen LogP contribution >= 0.6 is 11.8 Å². The van der Waals surface area contributed by atoms with Crippen molar-refractivity contribution < 1.29 is 19.1 Å². The Morgan fingerprint density at radius 2 is 1.60 bits per heavy atom. The highest BCUT2D eigenvalue weighted by molar-refractivity contribution is 7.98. The molecule has 42 heavy (non-hydrogen) atoms. The average Bonchev–Trinajstić information content (AvgIpc) is 2.92. The molecule has 0 aliphatic rings. The van der Waals surface area contributed by atoms with Crippen molar-refractivity contribution in [1.82, 2.24) is 10.2 Å². The van der Waals surface area contributed by atoms with E-state index in [-0.39, 0.29) is 17.9 Å². The molecule has 0 heterocycles. The molecule has 232 valence electrons. The minimum Gasteiger partial charge on any atom is -0.444 e. The zero-order valence-corrected chi connectivity index (χ0v) is 27.8. The lowest BCUT2D eigenvalue weighted by Gasteiger charge is -2.39. The summed E-state index contributed by atoms with van der Waals surface area (Å²) in [5.74, 6) is 0.501. The van der Waals surface area contributed by atoms with Crippen LogP contribution in [0.5, 0.6) is 0 Å². The molecule has 3 atom stereocenters. The Bertz CT molecular complexity index is 1160. The van der Waals surface area contributed by atoms with Gasteiger partial charge in [0, 0.05) is 11.7 Å². The molecule has 2 N–H and O–H groups in total. The zero-order valence-electron chi connectivity index (χ0n) is 27.0. The van der Waals surface area contributed by atoms with Gasteiger partial charge in [0.1, 0.15) is 17.7 Å². The molecule has 0 aromatic heterocycles. The van der Waals surface area contributed by atoms with Gasteiger partial charge in [-0.15, -0.1) is 0 Å². The summed E-state index contributed by atoms with van der Waals surface area (Å²) in [5.41, 5.74) is 2.79. The number of carbonyl (C=O) groups is 3. The van der Waals surface area contributed by atoms with Gasteiger partial charge in [-0.25, -0.2) is 4.79 Å². The number of amides is 3. The number of ether oxygens (including phenoxy) is 1. The highest BCUT2D eigenvalue weighted by atomic mass is 32.2. The number of nitrogens with one attached hydrogen (secondary N) is 2. The van der Waals surface area contributed by atoms with Crippen molar-refractivity contribution in [2.45, 2.75) is 105 Å². The Labute approximate surface area is 257 Å². The summed E-state index contributed by atoms with van der Waals surface area (Å²) in [7, 11) is 0. The van der Waals surface area contributed by atoms with E-state index in [1.165, 1.54) is 0 Å². The number of alkyl carbamates (subject to hydrolysis) is 1. The fourth-order valence-electron chi connectivity index (χ4n) is 4.72. The molecule has 0 fully saturated rings. The number of carbonyl (C=O) groups excluding carboxylic acids is 3. The molecule has 3 amide bonds. The molecule has 3 unspecified atom stereocenters. The third-order valence-electron chi connectivity index (χ3n) is 7.12. The Balaban J connectivity index is 2.63. The minimum atomic E-state index is -0.901. The number of benzene rings is 2. The Hall–Kier alpha value is -3.00. The molecule has 0 saturated heterocycles. The molecule has 0 bridgehead atoms. The Morgan fingerprint density at radius 1 is 0.952 bits per heavy atom. The van der Waals surface area contributed by atoms with Gasteiger partial charge in [-0.3, -0.25) is 9.59 Å². The predicted octanol–water partition coefficient (Wildman–Crippen LogP) is 7.54. The Morgan fingerprint density at radius 3 is 2.14 bits per heavy atom. The van der Waals surface area contributed by atoms with Crippen molar-refractivity contribution in [3.8, 4) is 0 Å². The van der Waals surface area contributed by atoms with Gasteiger partial charge in [-0.2, -0.15) is 11.8 Å². The molecule has 8 heteroatoms. The molecular weight excluding hydrogens is 546 g/mol. The molecular formula is C34H51N3O4S. The van der Waals surface area contributed by atoms with Crippen LogP contribution in [0.2, 0.25) is 0 Å². The lowest BCUT2D eigenvalue weighted by molar-refractivity contribution is -0.143. The van der Waals surface area contributed by atoms with Crippen molar-refractivity contribution in [3.63, 3.8) is 0 Å². The van der Waals surface area contributed by atoms with Gasteiger partial charge < -0.3 is 20.3 Å². The number of rotatable bonds is 14. The summed E-state index contributed by atoms with van der Waals surface area (Å²) in [6, 6.07) is 13.5. The van der Waals surface area contributed by atoms with E-state index >= 15 is 0 Å².